The maximum atomic E-state index is 5.99. The first-order valence-corrected chi connectivity index (χ1v) is 9.48. The number of methoxy groups -OCH3 is 2. The van der Waals surface area contributed by atoms with E-state index in [0.29, 0.717) is 31.6 Å². The number of ether oxygens (including phenoxy) is 3. The fourth-order valence-corrected chi connectivity index (χ4v) is 2.60. The van der Waals surface area contributed by atoms with Gasteiger partial charge in [0.25, 0.3) is 0 Å². The molecular formula is C22H31N3O3. The van der Waals surface area contributed by atoms with Crippen LogP contribution in [0, 0.1) is 5.92 Å². The van der Waals surface area contributed by atoms with Gasteiger partial charge in [-0.05, 0) is 47.7 Å². The zero-order valence-corrected chi connectivity index (χ0v) is 17.2. The molecule has 0 heterocycles. The van der Waals surface area contributed by atoms with E-state index in [0.717, 1.165) is 34.8 Å². The molecule has 28 heavy (non-hydrogen) atoms. The van der Waals surface area contributed by atoms with Crippen LogP contribution < -0.4 is 25.3 Å². The number of nitrogens with one attached hydrogen (secondary N) is 1. The third kappa shape index (κ3) is 7.02. The molecule has 0 spiro atoms. The molecule has 0 atom stereocenters. The number of nitrogens with two attached hydrogens (primary N) is 1. The van der Waals surface area contributed by atoms with Crippen LogP contribution in [0.15, 0.2) is 47.5 Å². The van der Waals surface area contributed by atoms with Crippen LogP contribution in [-0.2, 0) is 13.0 Å². The number of guanidine groups is 1. The Morgan fingerprint density at radius 2 is 1.82 bits per heavy atom. The highest BCUT2D eigenvalue weighted by atomic mass is 16.5. The molecule has 0 aliphatic rings. The van der Waals surface area contributed by atoms with E-state index in [2.05, 4.69) is 24.2 Å². The summed E-state index contributed by atoms with van der Waals surface area (Å²) in [5, 5.41) is 3.15. The number of rotatable bonds is 10. The Morgan fingerprint density at radius 3 is 2.54 bits per heavy atom. The Kier molecular flexibility index (Phi) is 8.46. The molecule has 0 fully saturated rings. The number of hydrogen-bond donors (Lipinski definition) is 2. The molecule has 6 heteroatoms. The molecule has 0 radical (unpaired) electrons. The Balaban J connectivity index is 1.82. The van der Waals surface area contributed by atoms with Gasteiger partial charge in [-0.2, -0.15) is 0 Å². The van der Waals surface area contributed by atoms with Crippen LogP contribution in [-0.4, -0.2) is 33.3 Å². The van der Waals surface area contributed by atoms with Gasteiger partial charge < -0.3 is 25.3 Å². The van der Waals surface area contributed by atoms with Gasteiger partial charge in [0.2, 0.25) is 0 Å². The molecule has 0 amide bonds. The molecule has 0 aromatic heterocycles. The molecule has 0 aliphatic heterocycles. The fraction of sp³-hybridized carbons (Fsp3) is 0.409. The highest BCUT2D eigenvalue weighted by Gasteiger charge is 2.04. The van der Waals surface area contributed by atoms with Gasteiger partial charge in [0.15, 0.2) is 17.5 Å². The van der Waals surface area contributed by atoms with E-state index in [-0.39, 0.29) is 0 Å². The number of aliphatic imine (C=N–C) groups is 1. The van der Waals surface area contributed by atoms with E-state index in [1.165, 1.54) is 0 Å². The van der Waals surface area contributed by atoms with E-state index in [9.17, 15) is 0 Å². The molecule has 0 saturated heterocycles. The molecule has 2 aromatic carbocycles. The van der Waals surface area contributed by atoms with E-state index in [4.69, 9.17) is 19.9 Å². The van der Waals surface area contributed by atoms with Crippen LogP contribution in [0.1, 0.15) is 25.0 Å². The summed E-state index contributed by atoms with van der Waals surface area (Å²) in [6.45, 7) is 6.15. The van der Waals surface area contributed by atoms with Gasteiger partial charge in [-0.3, -0.25) is 0 Å². The fourth-order valence-electron chi connectivity index (χ4n) is 2.60. The maximum absolute atomic E-state index is 5.99. The predicted octanol–water partition coefficient (Wildman–Crippen LogP) is 3.39. The minimum absolute atomic E-state index is 0.425. The van der Waals surface area contributed by atoms with Gasteiger partial charge in [0.05, 0.1) is 27.4 Å². The molecule has 6 nitrogen and oxygen atoms in total. The minimum atomic E-state index is 0.425. The topological polar surface area (TPSA) is 78.1 Å². The molecule has 2 rings (SSSR count). The standard InChI is InChI=1S/C22H31N3O3/c1-16(2)15-28-19-7-5-6-18(12-19)14-25-22(23)24-11-10-17-8-9-20(26-3)21(13-17)27-4/h5-9,12-13,16H,10-11,14-15H2,1-4H3,(H3,23,24,25). The molecule has 0 unspecified atom stereocenters. The number of nitrogens with zero attached hydrogens (tertiary/aromatic N) is 1. The largest absolute Gasteiger partial charge is 0.493 e. The van der Waals surface area contributed by atoms with Crippen LogP contribution in [0.5, 0.6) is 17.2 Å². The van der Waals surface area contributed by atoms with Gasteiger partial charge >= 0.3 is 0 Å². The summed E-state index contributed by atoms with van der Waals surface area (Å²) in [6, 6.07) is 13.8. The van der Waals surface area contributed by atoms with E-state index < -0.39 is 0 Å². The third-order valence-corrected chi connectivity index (χ3v) is 4.08. The highest BCUT2D eigenvalue weighted by Crippen LogP contribution is 2.27. The second kappa shape index (κ2) is 11.1. The first-order valence-electron chi connectivity index (χ1n) is 9.48. The summed E-state index contributed by atoms with van der Waals surface area (Å²) in [7, 11) is 3.26. The van der Waals surface area contributed by atoms with Gasteiger partial charge in [-0.1, -0.05) is 32.0 Å². The summed E-state index contributed by atoms with van der Waals surface area (Å²) in [6.07, 6.45) is 0.801. The first kappa shape index (κ1) is 21.4. The predicted molar refractivity (Wildman–Crippen MR) is 113 cm³/mol. The lowest BCUT2D eigenvalue weighted by molar-refractivity contribution is 0.271. The van der Waals surface area contributed by atoms with Crippen molar-refractivity contribution in [1.29, 1.82) is 0 Å². The number of benzene rings is 2. The first-order chi connectivity index (χ1) is 13.5. The van der Waals surface area contributed by atoms with Crippen LogP contribution in [0.4, 0.5) is 0 Å². The van der Waals surface area contributed by atoms with Crippen molar-refractivity contribution < 1.29 is 14.2 Å². The Bertz CT molecular complexity index is 775. The summed E-state index contributed by atoms with van der Waals surface area (Å²) in [5.41, 5.74) is 8.18. The normalized spacial score (nSPS) is 11.4. The van der Waals surface area contributed by atoms with Crippen molar-refractivity contribution in [2.45, 2.75) is 26.8 Å². The van der Waals surface area contributed by atoms with Gasteiger partial charge in [-0.15, -0.1) is 0 Å². The lowest BCUT2D eigenvalue weighted by Gasteiger charge is -2.11. The summed E-state index contributed by atoms with van der Waals surface area (Å²) in [5.74, 6) is 3.23. The second-order valence-electron chi connectivity index (χ2n) is 6.92. The van der Waals surface area contributed by atoms with Crippen LogP contribution in [0.3, 0.4) is 0 Å². The van der Waals surface area contributed by atoms with E-state index in [1.54, 1.807) is 14.2 Å². The van der Waals surface area contributed by atoms with Gasteiger partial charge in [-0.25, -0.2) is 4.99 Å². The SMILES string of the molecule is COc1ccc(CCNC(N)=NCc2cccc(OCC(C)C)c2)cc1OC. The summed E-state index contributed by atoms with van der Waals surface area (Å²) >= 11 is 0. The summed E-state index contributed by atoms with van der Waals surface area (Å²) < 4.78 is 16.3. The quantitative estimate of drug-likeness (QED) is 0.484. The van der Waals surface area contributed by atoms with E-state index in [1.807, 2.05) is 42.5 Å². The van der Waals surface area contributed by atoms with Crippen LogP contribution >= 0.6 is 0 Å². The average Bonchev–Trinajstić information content (AvgIpc) is 2.71. The molecular weight excluding hydrogens is 354 g/mol. The maximum Gasteiger partial charge on any atom is 0.188 e. The Labute approximate surface area is 167 Å². The minimum Gasteiger partial charge on any atom is -0.493 e. The highest BCUT2D eigenvalue weighted by molar-refractivity contribution is 5.77. The molecule has 3 N–H and O–H groups in total. The van der Waals surface area contributed by atoms with Crippen molar-refractivity contribution in [1.82, 2.24) is 5.32 Å². The van der Waals surface area contributed by atoms with Crippen LogP contribution in [0.25, 0.3) is 0 Å². The van der Waals surface area contributed by atoms with Gasteiger partial charge in [0, 0.05) is 6.54 Å². The zero-order valence-electron chi connectivity index (χ0n) is 17.2. The molecule has 0 bridgehead atoms. The van der Waals surface area contributed by atoms with Crippen molar-refractivity contribution in [3.8, 4) is 17.2 Å². The average molecular weight is 386 g/mol. The summed E-state index contributed by atoms with van der Waals surface area (Å²) in [4.78, 5) is 4.41. The van der Waals surface area contributed by atoms with E-state index >= 15 is 0 Å². The smallest absolute Gasteiger partial charge is 0.188 e. The van der Waals surface area contributed by atoms with Gasteiger partial charge in [0.1, 0.15) is 5.75 Å². The molecule has 0 aliphatic carbocycles. The number of hydrogen-bond acceptors (Lipinski definition) is 4. The lowest BCUT2D eigenvalue weighted by atomic mass is 10.1. The van der Waals surface area contributed by atoms with Crippen LogP contribution in [0.2, 0.25) is 0 Å². The van der Waals surface area contributed by atoms with Crippen molar-refractivity contribution in [2.24, 2.45) is 16.6 Å². The molecule has 0 saturated carbocycles. The monoisotopic (exact) mass is 385 g/mol. The molecule has 152 valence electrons. The second-order valence-corrected chi connectivity index (χ2v) is 6.92. The Hall–Kier alpha value is -2.89. The lowest BCUT2D eigenvalue weighted by Crippen LogP contribution is -2.33. The third-order valence-electron chi connectivity index (χ3n) is 4.08. The van der Waals surface area contributed by atoms with Crippen molar-refractivity contribution in [2.75, 3.05) is 27.4 Å². The van der Waals surface area contributed by atoms with Crippen molar-refractivity contribution >= 4 is 5.96 Å². The zero-order chi connectivity index (χ0) is 20.4. The molecule has 2 aromatic rings. The van der Waals surface area contributed by atoms with Crippen molar-refractivity contribution in [3.05, 3.63) is 53.6 Å². The Morgan fingerprint density at radius 1 is 1.04 bits per heavy atom. The van der Waals surface area contributed by atoms with Crippen molar-refractivity contribution in [3.63, 3.8) is 0 Å².